The lowest BCUT2D eigenvalue weighted by Gasteiger charge is -2.09. The molecule has 0 radical (unpaired) electrons. The smallest absolute Gasteiger partial charge is 0.192 e. The molecule has 0 aliphatic rings. The Balaban J connectivity index is 1.83. The van der Waals surface area contributed by atoms with Crippen LogP contribution in [0.25, 0.3) is 11.4 Å². The molecule has 1 heterocycles. The van der Waals surface area contributed by atoms with Crippen molar-refractivity contribution < 1.29 is 0 Å². The molecule has 0 aliphatic carbocycles. The molecule has 0 saturated carbocycles. The number of benzene rings is 2. The van der Waals surface area contributed by atoms with E-state index in [0.29, 0.717) is 12.5 Å². The zero-order chi connectivity index (χ0) is 18.5. The molecular weight excluding hydrogens is 338 g/mol. The van der Waals surface area contributed by atoms with Gasteiger partial charge in [0, 0.05) is 17.9 Å². The Kier molecular flexibility index (Phi) is 5.94. The summed E-state index contributed by atoms with van der Waals surface area (Å²) in [6.45, 7) is 11.1. The fourth-order valence-corrected chi connectivity index (χ4v) is 3.66. The summed E-state index contributed by atoms with van der Waals surface area (Å²) < 4.78 is 2.14. The molecule has 3 nitrogen and oxygen atoms in total. The van der Waals surface area contributed by atoms with Gasteiger partial charge in [0.15, 0.2) is 11.0 Å². The van der Waals surface area contributed by atoms with Crippen molar-refractivity contribution in [2.75, 3.05) is 0 Å². The van der Waals surface area contributed by atoms with Gasteiger partial charge in [0.1, 0.15) is 0 Å². The van der Waals surface area contributed by atoms with Crippen LogP contribution in [-0.4, -0.2) is 14.8 Å². The molecule has 0 atom stereocenters. The second-order valence-electron chi connectivity index (χ2n) is 6.76. The normalized spacial score (nSPS) is 11.1. The van der Waals surface area contributed by atoms with Crippen LogP contribution in [0.5, 0.6) is 0 Å². The fourth-order valence-electron chi connectivity index (χ4n) is 2.75. The first-order chi connectivity index (χ1) is 12.6. The molecule has 3 rings (SSSR count). The number of thioether (sulfide) groups is 1. The number of hydrogen-bond donors (Lipinski definition) is 0. The van der Waals surface area contributed by atoms with Crippen LogP contribution in [-0.2, 0) is 12.3 Å². The summed E-state index contributed by atoms with van der Waals surface area (Å²) in [7, 11) is 0. The Hall–Kier alpha value is -2.33. The summed E-state index contributed by atoms with van der Waals surface area (Å²) in [5.41, 5.74) is 4.99. The van der Waals surface area contributed by atoms with Gasteiger partial charge >= 0.3 is 0 Å². The molecule has 3 aromatic rings. The lowest BCUT2D eigenvalue weighted by Crippen LogP contribution is -2.01. The van der Waals surface area contributed by atoms with Gasteiger partial charge in [-0.15, -0.1) is 16.8 Å². The highest BCUT2D eigenvalue weighted by molar-refractivity contribution is 7.98. The van der Waals surface area contributed by atoms with E-state index in [9.17, 15) is 0 Å². The summed E-state index contributed by atoms with van der Waals surface area (Å²) >= 11 is 1.71. The van der Waals surface area contributed by atoms with Crippen LogP contribution in [0.1, 0.15) is 36.5 Å². The second kappa shape index (κ2) is 8.37. The first-order valence-electron chi connectivity index (χ1n) is 8.91. The fraction of sp³-hybridized carbons (Fsp3) is 0.273. The van der Waals surface area contributed by atoms with Crippen molar-refractivity contribution in [3.63, 3.8) is 0 Å². The zero-order valence-corrected chi connectivity index (χ0v) is 16.5. The van der Waals surface area contributed by atoms with Gasteiger partial charge in [0.25, 0.3) is 0 Å². The van der Waals surface area contributed by atoms with Crippen LogP contribution in [0.3, 0.4) is 0 Å². The van der Waals surface area contributed by atoms with Gasteiger partial charge in [0.05, 0.1) is 0 Å². The average molecular weight is 364 g/mol. The maximum Gasteiger partial charge on any atom is 0.192 e. The molecule has 0 amide bonds. The minimum atomic E-state index is 0.524. The van der Waals surface area contributed by atoms with Crippen molar-refractivity contribution >= 4 is 11.8 Å². The van der Waals surface area contributed by atoms with E-state index in [1.165, 1.54) is 16.7 Å². The predicted octanol–water partition coefficient (Wildman–Crippen LogP) is 5.86. The molecule has 0 unspecified atom stereocenters. The Morgan fingerprint density at radius 3 is 2.35 bits per heavy atom. The molecule has 4 heteroatoms. The topological polar surface area (TPSA) is 30.7 Å². The third-order valence-corrected chi connectivity index (χ3v) is 5.39. The number of hydrogen-bond acceptors (Lipinski definition) is 3. The van der Waals surface area contributed by atoms with Crippen molar-refractivity contribution in [1.29, 1.82) is 0 Å². The molecular formula is C22H25N3S. The van der Waals surface area contributed by atoms with Crippen molar-refractivity contribution in [3.05, 3.63) is 77.9 Å². The van der Waals surface area contributed by atoms with Gasteiger partial charge in [-0.05, 0) is 24.0 Å². The third kappa shape index (κ3) is 4.25. The first-order valence-corrected chi connectivity index (χ1v) is 9.90. The molecule has 0 N–H and O–H groups in total. The largest absolute Gasteiger partial charge is 0.298 e. The second-order valence-corrected chi connectivity index (χ2v) is 7.70. The Morgan fingerprint density at radius 1 is 1.04 bits per heavy atom. The quantitative estimate of drug-likeness (QED) is 0.389. The molecule has 0 saturated heterocycles. The average Bonchev–Trinajstić information content (AvgIpc) is 3.04. The maximum atomic E-state index is 4.45. The molecule has 0 fully saturated rings. The summed E-state index contributed by atoms with van der Waals surface area (Å²) in [5.74, 6) is 2.30. The molecule has 0 aliphatic heterocycles. The monoisotopic (exact) mass is 363 g/mol. The molecule has 0 spiro atoms. The minimum Gasteiger partial charge on any atom is -0.298 e. The van der Waals surface area contributed by atoms with E-state index in [-0.39, 0.29) is 0 Å². The summed E-state index contributed by atoms with van der Waals surface area (Å²) in [6.07, 6.45) is 1.89. The number of allylic oxidation sites excluding steroid dienone is 1. The molecule has 26 heavy (non-hydrogen) atoms. The van der Waals surface area contributed by atoms with Crippen molar-refractivity contribution in [3.8, 4) is 11.4 Å². The zero-order valence-electron chi connectivity index (χ0n) is 15.6. The maximum absolute atomic E-state index is 4.45. The predicted molar refractivity (Wildman–Crippen MR) is 110 cm³/mol. The summed E-state index contributed by atoms with van der Waals surface area (Å²) in [6, 6.07) is 17.2. The lowest BCUT2D eigenvalue weighted by molar-refractivity contribution is 0.731. The van der Waals surface area contributed by atoms with E-state index < -0.39 is 0 Å². The van der Waals surface area contributed by atoms with E-state index in [2.05, 4.69) is 90.6 Å². The third-order valence-electron chi connectivity index (χ3n) is 4.35. The highest BCUT2D eigenvalue weighted by Crippen LogP contribution is 2.27. The minimum absolute atomic E-state index is 0.524. The van der Waals surface area contributed by atoms with E-state index in [4.69, 9.17) is 0 Å². The first kappa shape index (κ1) is 18.5. The van der Waals surface area contributed by atoms with Gasteiger partial charge in [-0.25, -0.2) is 0 Å². The number of nitrogens with zero attached hydrogens (tertiary/aromatic N) is 3. The Morgan fingerprint density at radius 2 is 1.73 bits per heavy atom. The number of rotatable bonds is 7. The van der Waals surface area contributed by atoms with Crippen LogP contribution in [0, 0.1) is 6.92 Å². The van der Waals surface area contributed by atoms with Crippen LogP contribution in [0.4, 0.5) is 0 Å². The van der Waals surface area contributed by atoms with Gasteiger partial charge in [-0.3, -0.25) is 4.57 Å². The van der Waals surface area contributed by atoms with Gasteiger partial charge in [-0.2, -0.15) is 0 Å². The highest BCUT2D eigenvalue weighted by atomic mass is 32.2. The number of aromatic nitrogens is 3. The molecule has 1 aromatic heterocycles. The van der Waals surface area contributed by atoms with Crippen LogP contribution in [0.2, 0.25) is 0 Å². The van der Waals surface area contributed by atoms with Crippen LogP contribution < -0.4 is 0 Å². The Bertz CT molecular complexity index is 861. The van der Waals surface area contributed by atoms with Crippen molar-refractivity contribution in [2.45, 2.75) is 44.1 Å². The SMILES string of the molecule is C=CCn1c(SCc2ccc(C)cc2)nnc1-c1ccc(C(C)C)cc1. The van der Waals surface area contributed by atoms with E-state index in [1.54, 1.807) is 11.8 Å². The standard InChI is InChI=1S/C22H25N3S/c1-5-14-25-21(20-12-10-19(11-13-20)16(2)3)23-24-22(25)26-15-18-8-6-17(4)7-9-18/h5-13,16H,1,14-15H2,2-4H3. The molecule has 0 bridgehead atoms. The number of aryl methyl sites for hydroxylation is 1. The van der Waals surface area contributed by atoms with E-state index in [1.807, 2.05) is 6.08 Å². The van der Waals surface area contributed by atoms with Gasteiger partial charge in [0.2, 0.25) is 0 Å². The van der Waals surface area contributed by atoms with Crippen LogP contribution >= 0.6 is 11.8 Å². The van der Waals surface area contributed by atoms with Gasteiger partial charge < -0.3 is 0 Å². The van der Waals surface area contributed by atoms with E-state index in [0.717, 1.165) is 22.3 Å². The summed E-state index contributed by atoms with van der Waals surface area (Å²) in [5, 5.41) is 9.80. The van der Waals surface area contributed by atoms with Crippen molar-refractivity contribution in [2.24, 2.45) is 0 Å². The van der Waals surface area contributed by atoms with E-state index >= 15 is 0 Å². The summed E-state index contributed by atoms with van der Waals surface area (Å²) in [4.78, 5) is 0. The van der Waals surface area contributed by atoms with Crippen LogP contribution in [0.15, 0.2) is 66.3 Å². The lowest BCUT2D eigenvalue weighted by atomic mass is 10.0. The Labute approximate surface area is 160 Å². The van der Waals surface area contributed by atoms with Crippen molar-refractivity contribution in [1.82, 2.24) is 14.8 Å². The molecule has 2 aromatic carbocycles. The highest BCUT2D eigenvalue weighted by Gasteiger charge is 2.14. The van der Waals surface area contributed by atoms with Gasteiger partial charge in [-0.1, -0.05) is 85.8 Å². The molecule has 134 valence electrons.